The van der Waals surface area contributed by atoms with Gasteiger partial charge >= 0.3 is 126 Å². The van der Waals surface area contributed by atoms with E-state index in [1.54, 1.807) is 11.4 Å². The van der Waals surface area contributed by atoms with E-state index in [9.17, 15) is 0 Å². The summed E-state index contributed by atoms with van der Waals surface area (Å²) in [5.41, 5.74) is -2.00. The zero-order valence-corrected chi connectivity index (χ0v) is 16.5. The van der Waals surface area contributed by atoms with E-state index in [-0.39, 0.29) is 0 Å². The monoisotopic (exact) mass is 384 g/mol. The van der Waals surface area contributed by atoms with Gasteiger partial charge in [0.25, 0.3) is 0 Å². The minimum atomic E-state index is -2.00. The maximum atomic E-state index is 5.77. The minimum absolute atomic E-state index is 0.664. The maximum absolute atomic E-state index is 5.77. The van der Waals surface area contributed by atoms with Crippen molar-refractivity contribution in [3.63, 3.8) is 0 Å². The molecule has 94 valence electrons. The van der Waals surface area contributed by atoms with E-state index < -0.39 is 5.69 Å². The van der Waals surface area contributed by atoms with Gasteiger partial charge in [0.2, 0.25) is 0 Å². The van der Waals surface area contributed by atoms with E-state index >= 15 is 0 Å². The van der Waals surface area contributed by atoms with Gasteiger partial charge in [-0.15, -0.1) is 0 Å². The average molecular weight is 384 g/mol. The van der Waals surface area contributed by atoms with Crippen molar-refractivity contribution in [2.24, 2.45) is 11.8 Å². The summed E-state index contributed by atoms with van der Waals surface area (Å²) in [5, 5.41) is 0. The zero-order chi connectivity index (χ0) is 12.6. The molecule has 6 heteroatoms. The van der Waals surface area contributed by atoms with Crippen molar-refractivity contribution in [1.29, 1.82) is 0 Å². The Bertz CT molecular complexity index is 207. The normalized spacial score (nSPS) is 15.6. The van der Waals surface area contributed by atoms with E-state index in [1.165, 1.54) is 6.42 Å². The molecule has 16 heavy (non-hydrogen) atoms. The molecule has 0 aliphatic carbocycles. The van der Waals surface area contributed by atoms with Crippen LogP contribution in [0, 0.1) is 11.8 Å². The van der Waals surface area contributed by atoms with Gasteiger partial charge in [-0.2, -0.15) is 0 Å². The van der Waals surface area contributed by atoms with Crippen molar-refractivity contribution in [2.75, 3.05) is 12.4 Å². The van der Waals surface area contributed by atoms with Crippen LogP contribution in [-0.2, 0) is 19.0 Å². The SMILES string of the molecule is CC(C)CCOP(=S)([O][In])SCCC(C)C. The van der Waals surface area contributed by atoms with Gasteiger partial charge in [0, 0.05) is 0 Å². The first kappa shape index (κ1) is 17.8. The van der Waals surface area contributed by atoms with Crippen LogP contribution in [0.25, 0.3) is 0 Å². The fourth-order valence-electron chi connectivity index (χ4n) is 0.899. The Hall–Kier alpha value is 1.79. The van der Waals surface area contributed by atoms with Crippen LogP contribution >= 0.6 is 17.1 Å². The van der Waals surface area contributed by atoms with Crippen LogP contribution < -0.4 is 0 Å². The molecule has 0 aromatic carbocycles. The summed E-state index contributed by atoms with van der Waals surface area (Å²) in [7, 11) is 0. The van der Waals surface area contributed by atoms with Crippen molar-refractivity contribution in [2.45, 2.75) is 40.5 Å². The van der Waals surface area contributed by atoms with Crippen molar-refractivity contribution >= 4 is 53.7 Å². The predicted molar refractivity (Wildman–Crippen MR) is 78.4 cm³/mol. The summed E-state index contributed by atoms with van der Waals surface area (Å²) in [4.78, 5) is 0. The standard InChI is InChI=1S/C10H23O2PS2.In/c1-9(2)5-7-12-13(11,14)15-8-6-10(3)4;/h9-10H,5-8H2,1-4H3,(H,11,14);/q;+1/p-1. The van der Waals surface area contributed by atoms with Gasteiger partial charge in [-0.05, 0) is 0 Å². The first-order chi connectivity index (χ1) is 7.39. The summed E-state index contributed by atoms with van der Waals surface area (Å²) in [6.07, 6.45) is 2.24. The second-order valence-corrected chi connectivity index (χ2v) is 12.8. The molecule has 0 aliphatic rings. The van der Waals surface area contributed by atoms with Gasteiger partial charge in [0.05, 0.1) is 0 Å². The van der Waals surface area contributed by atoms with Crippen LogP contribution in [0.5, 0.6) is 0 Å². The molecule has 0 spiro atoms. The van der Waals surface area contributed by atoms with Gasteiger partial charge in [-0.3, -0.25) is 0 Å². The number of rotatable bonds is 9. The van der Waals surface area contributed by atoms with Crippen molar-refractivity contribution < 1.29 is 7.17 Å². The van der Waals surface area contributed by atoms with E-state index in [0.29, 0.717) is 5.92 Å². The van der Waals surface area contributed by atoms with Crippen molar-refractivity contribution in [3.05, 3.63) is 0 Å². The molecule has 2 radical (unpaired) electrons. The van der Waals surface area contributed by atoms with Crippen molar-refractivity contribution in [3.8, 4) is 0 Å². The Balaban J connectivity index is 3.86. The molecule has 0 N–H and O–H groups in total. The van der Waals surface area contributed by atoms with Gasteiger partial charge in [-0.25, -0.2) is 0 Å². The van der Waals surface area contributed by atoms with E-state index in [4.69, 9.17) is 19.0 Å². The zero-order valence-electron chi connectivity index (χ0n) is 10.6. The first-order valence-corrected chi connectivity index (χ1v) is 11.2. The Morgan fingerprint density at radius 1 is 1.19 bits per heavy atom. The number of hydrogen-bond acceptors (Lipinski definition) is 4. The summed E-state index contributed by atoms with van der Waals surface area (Å²) < 4.78 is 11.3. The van der Waals surface area contributed by atoms with Crippen LogP contribution in [0.15, 0.2) is 0 Å². The molecule has 0 heterocycles. The summed E-state index contributed by atoms with van der Waals surface area (Å²) in [6, 6.07) is 0. The molecule has 0 amide bonds. The fraction of sp³-hybridized carbons (Fsp3) is 1.00. The summed E-state index contributed by atoms with van der Waals surface area (Å²) in [5.74, 6) is 2.44. The third-order valence-corrected chi connectivity index (χ3v) is 12.3. The molecule has 0 aromatic heterocycles. The molecular formula is C10H22InO2PS2. The van der Waals surface area contributed by atoms with Gasteiger partial charge < -0.3 is 0 Å². The van der Waals surface area contributed by atoms with E-state index in [1.807, 2.05) is 0 Å². The Kier molecular flexibility index (Phi) is 10.8. The molecule has 0 aliphatic heterocycles. The van der Waals surface area contributed by atoms with Gasteiger partial charge in [0.1, 0.15) is 0 Å². The van der Waals surface area contributed by atoms with Crippen molar-refractivity contribution in [1.82, 2.24) is 0 Å². The molecule has 0 aromatic rings. The second kappa shape index (κ2) is 9.69. The quantitative estimate of drug-likeness (QED) is 0.556. The van der Waals surface area contributed by atoms with E-state index in [0.717, 1.165) is 49.5 Å². The third kappa shape index (κ3) is 9.78. The molecule has 0 saturated heterocycles. The molecule has 0 fully saturated rings. The molecule has 1 atom stereocenters. The molecule has 2 nitrogen and oxygen atoms in total. The predicted octanol–water partition coefficient (Wildman–Crippen LogP) is 4.15. The average Bonchev–Trinajstić information content (AvgIpc) is 2.16. The Labute approximate surface area is 125 Å². The molecule has 0 bridgehead atoms. The molecule has 0 saturated carbocycles. The fourth-order valence-corrected chi connectivity index (χ4v) is 6.82. The third-order valence-electron chi connectivity index (χ3n) is 2.02. The number of hydrogen-bond donors (Lipinski definition) is 0. The Morgan fingerprint density at radius 3 is 2.19 bits per heavy atom. The summed E-state index contributed by atoms with van der Waals surface area (Å²) in [6.45, 7) is 9.58. The van der Waals surface area contributed by atoms with Crippen LogP contribution in [0.3, 0.4) is 0 Å². The summed E-state index contributed by atoms with van der Waals surface area (Å²) >= 11 is 7.92. The molecule has 0 rings (SSSR count). The molecular weight excluding hydrogens is 362 g/mol. The van der Waals surface area contributed by atoms with E-state index in [2.05, 4.69) is 27.7 Å². The topological polar surface area (TPSA) is 18.5 Å². The second-order valence-electron chi connectivity index (χ2n) is 4.58. The van der Waals surface area contributed by atoms with Gasteiger partial charge in [-0.1, -0.05) is 0 Å². The van der Waals surface area contributed by atoms with Gasteiger partial charge in [0.15, 0.2) is 0 Å². The van der Waals surface area contributed by atoms with Crippen LogP contribution in [0.1, 0.15) is 40.5 Å². The van der Waals surface area contributed by atoms with Crippen LogP contribution in [0.4, 0.5) is 0 Å². The Morgan fingerprint density at radius 2 is 1.75 bits per heavy atom. The molecule has 1 unspecified atom stereocenters. The van der Waals surface area contributed by atoms with Crippen LogP contribution in [-0.4, -0.2) is 37.2 Å². The first-order valence-electron chi connectivity index (χ1n) is 5.67. The van der Waals surface area contributed by atoms with Crippen LogP contribution in [0.2, 0.25) is 0 Å².